The first kappa shape index (κ1) is 25.9. The minimum Gasteiger partial charge on any atom is -0.494 e. The highest BCUT2D eigenvalue weighted by Gasteiger charge is 2.42. The lowest BCUT2D eigenvalue weighted by Crippen LogP contribution is -2.29. The first-order valence-corrected chi connectivity index (χ1v) is 10.6. The number of ether oxygens (including phenoxy) is 2. The number of unbranched alkanes of at least 4 members (excludes halogenated alkanes) is 5. The third-order valence-corrected chi connectivity index (χ3v) is 4.43. The third-order valence-electron chi connectivity index (χ3n) is 4.43. The Bertz CT molecular complexity index is 635. The number of halogens is 3. The van der Waals surface area contributed by atoms with E-state index in [1.807, 2.05) is 24.3 Å². The molecule has 0 aliphatic rings. The third kappa shape index (κ3) is 12.5. The topological polar surface area (TPSA) is 64.6 Å². The second-order valence-corrected chi connectivity index (χ2v) is 7.13. The van der Waals surface area contributed by atoms with Gasteiger partial charge in [0.1, 0.15) is 5.75 Å². The van der Waals surface area contributed by atoms with E-state index in [2.05, 4.69) is 17.0 Å². The Kier molecular flexibility index (Phi) is 12.8. The number of carbonyl (C=O) groups excluding carboxylic acids is 2. The normalized spacial score (nSPS) is 11.3. The van der Waals surface area contributed by atoms with Crippen molar-refractivity contribution < 1.29 is 32.2 Å². The van der Waals surface area contributed by atoms with Gasteiger partial charge in [-0.05, 0) is 43.5 Å². The van der Waals surface area contributed by atoms with E-state index in [-0.39, 0.29) is 13.0 Å². The molecular formula is C22H32F3NO4. The molecule has 0 bridgehead atoms. The second-order valence-electron chi connectivity index (χ2n) is 7.13. The van der Waals surface area contributed by atoms with Gasteiger partial charge in [0.15, 0.2) is 0 Å². The monoisotopic (exact) mass is 431 g/mol. The Hall–Kier alpha value is -2.09. The zero-order valence-corrected chi connectivity index (χ0v) is 17.6. The van der Waals surface area contributed by atoms with Crippen LogP contribution >= 0.6 is 0 Å². The van der Waals surface area contributed by atoms with E-state index in [1.165, 1.54) is 32.1 Å². The fraction of sp³-hybridized carbons (Fsp3) is 0.636. The molecule has 0 saturated carbocycles. The summed E-state index contributed by atoms with van der Waals surface area (Å²) in [5.41, 5.74) is 1.13. The zero-order chi connectivity index (χ0) is 22.2. The molecule has 8 heteroatoms. The molecule has 0 radical (unpaired) electrons. The van der Waals surface area contributed by atoms with E-state index in [0.717, 1.165) is 30.6 Å². The molecule has 1 rings (SSSR count). The average molecular weight is 431 g/mol. The van der Waals surface area contributed by atoms with Gasteiger partial charge in [-0.25, -0.2) is 4.79 Å². The van der Waals surface area contributed by atoms with E-state index >= 15 is 0 Å². The maximum atomic E-state index is 12.0. The van der Waals surface area contributed by atoms with Crippen molar-refractivity contribution in [2.24, 2.45) is 0 Å². The molecule has 30 heavy (non-hydrogen) atoms. The number of hydrogen-bond donors (Lipinski definition) is 1. The highest BCUT2D eigenvalue weighted by atomic mass is 19.4. The molecule has 0 atom stereocenters. The van der Waals surface area contributed by atoms with Gasteiger partial charge in [-0.3, -0.25) is 4.79 Å². The summed E-state index contributed by atoms with van der Waals surface area (Å²) in [6.45, 7) is 3.65. The van der Waals surface area contributed by atoms with Crippen molar-refractivity contribution in [3.63, 3.8) is 0 Å². The molecule has 0 aromatic heterocycles. The second kappa shape index (κ2) is 14.8. The number of carbonyl (C=O) groups is 2. The van der Waals surface area contributed by atoms with Gasteiger partial charge in [-0.1, -0.05) is 51.2 Å². The zero-order valence-electron chi connectivity index (χ0n) is 17.6. The van der Waals surface area contributed by atoms with Crippen molar-refractivity contribution >= 4 is 11.9 Å². The molecule has 0 aliphatic carbocycles. The number of aryl methyl sites for hydroxylation is 1. The summed E-state index contributed by atoms with van der Waals surface area (Å²) >= 11 is 0. The summed E-state index contributed by atoms with van der Waals surface area (Å²) in [5.74, 6) is -2.82. The van der Waals surface area contributed by atoms with Crippen LogP contribution in [0.1, 0.15) is 63.9 Å². The minimum atomic E-state index is -5.16. The van der Waals surface area contributed by atoms with E-state index in [4.69, 9.17) is 4.74 Å². The molecule has 0 unspecified atom stereocenters. The molecule has 5 nitrogen and oxygen atoms in total. The van der Waals surface area contributed by atoms with Crippen LogP contribution in [-0.2, 0) is 20.7 Å². The standard InChI is InChI=1S/C22H32F3NO4/c1-2-3-4-5-6-7-16-29-19-12-8-10-18(17-19)11-9-14-26-15-13-20(27)30-21(28)22(23,24)25/h8,10,12,17,26H,2-7,9,11,13-16H2,1H3. The Morgan fingerprint density at radius 3 is 2.47 bits per heavy atom. The lowest BCUT2D eigenvalue weighted by Gasteiger charge is -2.09. The van der Waals surface area contributed by atoms with Crippen LogP contribution in [0.25, 0.3) is 0 Å². The van der Waals surface area contributed by atoms with Crippen molar-refractivity contribution in [1.82, 2.24) is 5.32 Å². The molecule has 0 aliphatic heterocycles. The fourth-order valence-corrected chi connectivity index (χ4v) is 2.81. The van der Waals surface area contributed by atoms with Gasteiger partial charge in [-0.15, -0.1) is 0 Å². The van der Waals surface area contributed by atoms with Crippen molar-refractivity contribution in [3.8, 4) is 5.75 Å². The van der Waals surface area contributed by atoms with Gasteiger partial charge in [0.25, 0.3) is 0 Å². The number of nitrogens with one attached hydrogen (secondary N) is 1. The Labute approximate surface area is 176 Å². The summed E-state index contributed by atoms with van der Waals surface area (Å²) in [5, 5.41) is 2.95. The molecule has 0 spiro atoms. The predicted molar refractivity (Wildman–Crippen MR) is 108 cm³/mol. The minimum absolute atomic E-state index is 0.144. The fourth-order valence-electron chi connectivity index (χ4n) is 2.81. The number of esters is 2. The number of hydrogen-bond acceptors (Lipinski definition) is 5. The van der Waals surface area contributed by atoms with Gasteiger partial charge in [0.05, 0.1) is 13.0 Å². The van der Waals surface area contributed by atoms with Crippen LogP contribution < -0.4 is 10.1 Å². The van der Waals surface area contributed by atoms with Crippen LogP contribution in [0.3, 0.4) is 0 Å². The van der Waals surface area contributed by atoms with Crippen LogP contribution in [0.5, 0.6) is 5.75 Å². The molecule has 1 aromatic rings. The summed E-state index contributed by atoms with van der Waals surface area (Å²) in [6, 6.07) is 7.91. The maximum Gasteiger partial charge on any atom is 0.491 e. The Morgan fingerprint density at radius 1 is 1.00 bits per heavy atom. The van der Waals surface area contributed by atoms with Gasteiger partial charge in [0.2, 0.25) is 0 Å². The summed E-state index contributed by atoms with van der Waals surface area (Å²) in [7, 11) is 0. The first-order valence-electron chi connectivity index (χ1n) is 10.6. The van der Waals surface area contributed by atoms with E-state index in [9.17, 15) is 22.8 Å². The van der Waals surface area contributed by atoms with Crippen molar-refractivity contribution in [2.45, 2.75) is 70.9 Å². The first-order chi connectivity index (χ1) is 14.3. The molecule has 0 saturated heterocycles. The van der Waals surface area contributed by atoms with Crippen molar-refractivity contribution in [2.75, 3.05) is 19.7 Å². The SMILES string of the molecule is CCCCCCCCOc1cccc(CCCNCCC(=O)OC(=O)C(F)(F)F)c1. The average Bonchev–Trinajstić information content (AvgIpc) is 2.69. The van der Waals surface area contributed by atoms with Crippen molar-refractivity contribution in [3.05, 3.63) is 29.8 Å². The summed E-state index contributed by atoms with van der Waals surface area (Å²) in [6.07, 6.45) is 3.44. The van der Waals surface area contributed by atoms with Crippen LogP contribution in [0, 0.1) is 0 Å². The maximum absolute atomic E-state index is 12.0. The summed E-state index contributed by atoms with van der Waals surface area (Å²) in [4.78, 5) is 21.7. The van der Waals surface area contributed by atoms with Crippen LogP contribution in [0.15, 0.2) is 24.3 Å². The van der Waals surface area contributed by atoms with Gasteiger partial charge >= 0.3 is 18.1 Å². The van der Waals surface area contributed by atoms with Gasteiger partial charge in [-0.2, -0.15) is 13.2 Å². The van der Waals surface area contributed by atoms with Crippen LogP contribution in [0.4, 0.5) is 13.2 Å². The quantitative estimate of drug-likeness (QED) is 0.241. The molecule has 0 amide bonds. The molecule has 0 fully saturated rings. The molecular weight excluding hydrogens is 399 g/mol. The highest BCUT2D eigenvalue weighted by molar-refractivity contribution is 5.88. The predicted octanol–water partition coefficient (Wildman–Crippen LogP) is 4.97. The van der Waals surface area contributed by atoms with E-state index < -0.39 is 18.1 Å². The number of alkyl halides is 3. The van der Waals surface area contributed by atoms with E-state index in [0.29, 0.717) is 13.2 Å². The van der Waals surface area contributed by atoms with Crippen molar-refractivity contribution in [1.29, 1.82) is 0 Å². The molecule has 1 aromatic carbocycles. The number of rotatable bonds is 15. The molecule has 170 valence electrons. The van der Waals surface area contributed by atoms with Crippen LogP contribution in [-0.4, -0.2) is 37.8 Å². The smallest absolute Gasteiger partial charge is 0.491 e. The van der Waals surface area contributed by atoms with E-state index in [1.54, 1.807) is 0 Å². The lowest BCUT2D eigenvalue weighted by molar-refractivity contribution is -0.201. The Balaban J connectivity index is 2.12. The lowest BCUT2D eigenvalue weighted by atomic mass is 10.1. The summed E-state index contributed by atoms with van der Waals surface area (Å²) < 4.78 is 45.5. The van der Waals surface area contributed by atoms with Crippen LogP contribution in [0.2, 0.25) is 0 Å². The molecule has 1 N–H and O–H groups in total. The number of benzene rings is 1. The molecule has 0 heterocycles. The largest absolute Gasteiger partial charge is 0.494 e. The van der Waals surface area contributed by atoms with Gasteiger partial charge < -0.3 is 14.8 Å². The van der Waals surface area contributed by atoms with Gasteiger partial charge in [0, 0.05) is 6.54 Å². The Morgan fingerprint density at radius 2 is 1.73 bits per heavy atom. The highest BCUT2D eigenvalue weighted by Crippen LogP contribution is 2.17.